The minimum atomic E-state index is -0.138. The van der Waals surface area contributed by atoms with Gasteiger partial charge in [0.2, 0.25) is 11.6 Å². The Labute approximate surface area is 186 Å². The molecule has 1 saturated heterocycles. The van der Waals surface area contributed by atoms with E-state index in [9.17, 15) is 4.79 Å². The topological polar surface area (TPSA) is 63.9 Å². The quantitative estimate of drug-likeness (QED) is 0.394. The maximum absolute atomic E-state index is 11.5. The monoisotopic (exact) mass is 451 g/mol. The van der Waals surface area contributed by atoms with E-state index in [0.717, 1.165) is 51.0 Å². The van der Waals surface area contributed by atoms with E-state index in [4.69, 9.17) is 4.98 Å². The van der Waals surface area contributed by atoms with E-state index >= 15 is 0 Å². The largest absolute Gasteiger partial charge is 0.325 e. The summed E-state index contributed by atoms with van der Waals surface area (Å²) in [5.41, 5.74) is 3.01. The molecule has 1 aliphatic rings. The van der Waals surface area contributed by atoms with Gasteiger partial charge in [-0.15, -0.1) is 33.3 Å². The SMILES string of the molecule is O=CN1CCSC1c1nnc(Sc2nc(-c3ccccc3)cs2)n1-c1ccccc1. The average Bonchev–Trinajstić information content (AvgIpc) is 3.54. The van der Waals surface area contributed by atoms with Gasteiger partial charge in [0.1, 0.15) is 5.37 Å². The molecule has 1 amide bonds. The van der Waals surface area contributed by atoms with Gasteiger partial charge in [0.15, 0.2) is 10.2 Å². The second-order valence-corrected chi connectivity index (χ2v) is 9.81. The Kier molecular flexibility index (Phi) is 5.56. The highest BCUT2D eigenvalue weighted by molar-refractivity contribution is 8.01. The van der Waals surface area contributed by atoms with Crippen LogP contribution < -0.4 is 0 Å². The Morgan fingerprint density at radius 1 is 1.03 bits per heavy atom. The second kappa shape index (κ2) is 8.63. The van der Waals surface area contributed by atoms with Gasteiger partial charge < -0.3 is 4.90 Å². The number of amides is 1. The molecule has 1 unspecified atom stereocenters. The predicted molar refractivity (Wildman–Crippen MR) is 121 cm³/mol. The van der Waals surface area contributed by atoms with Gasteiger partial charge in [-0.2, -0.15) is 0 Å². The number of carbonyl (C=O) groups is 1. The number of nitrogens with zero attached hydrogens (tertiary/aromatic N) is 5. The molecule has 0 aliphatic carbocycles. The van der Waals surface area contributed by atoms with Crippen LogP contribution in [0.5, 0.6) is 0 Å². The molecule has 3 heterocycles. The van der Waals surface area contributed by atoms with Crippen LogP contribution in [0.3, 0.4) is 0 Å². The van der Waals surface area contributed by atoms with E-state index in [-0.39, 0.29) is 5.37 Å². The van der Waals surface area contributed by atoms with Crippen LogP contribution >= 0.6 is 34.9 Å². The second-order valence-electron chi connectivity index (χ2n) is 6.54. The molecule has 30 heavy (non-hydrogen) atoms. The summed E-state index contributed by atoms with van der Waals surface area (Å²) < 4.78 is 2.93. The van der Waals surface area contributed by atoms with Crippen LogP contribution in [-0.4, -0.2) is 43.4 Å². The highest BCUT2D eigenvalue weighted by Gasteiger charge is 2.32. The zero-order chi connectivity index (χ0) is 20.3. The molecule has 1 fully saturated rings. The fourth-order valence-corrected chi connectivity index (χ4v) is 6.24. The summed E-state index contributed by atoms with van der Waals surface area (Å²) in [6.45, 7) is 0.718. The Hall–Kier alpha value is -2.62. The maximum Gasteiger partial charge on any atom is 0.211 e. The van der Waals surface area contributed by atoms with Gasteiger partial charge in [0, 0.05) is 28.9 Å². The molecule has 0 radical (unpaired) electrons. The summed E-state index contributed by atoms with van der Waals surface area (Å²) in [5.74, 6) is 1.65. The van der Waals surface area contributed by atoms with Crippen molar-refractivity contribution in [3.05, 3.63) is 71.9 Å². The number of para-hydroxylation sites is 1. The lowest BCUT2D eigenvalue weighted by Gasteiger charge is -2.19. The molecule has 0 bridgehead atoms. The van der Waals surface area contributed by atoms with Crippen molar-refractivity contribution in [3.63, 3.8) is 0 Å². The number of benzene rings is 2. The molecule has 5 rings (SSSR count). The fraction of sp³-hybridized carbons (Fsp3) is 0.143. The number of thiazole rings is 1. The smallest absolute Gasteiger partial charge is 0.211 e. The van der Waals surface area contributed by atoms with Crippen LogP contribution in [-0.2, 0) is 4.79 Å². The first kappa shape index (κ1) is 19.3. The van der Waals surface area contributed by atoms with Gasteiger partial charge in [-0.3, -0.25) is 9.36 Å². The lowest BCUT2D eigenvalue weighted by atomic mass is 10.2. The molecule has 150 valence electrons. The molecule has 0 spiro atoms. The molecular formula is C21H17N5OS3. The summed E-state index contributed by atoms with van der Waals surface area (Å²) in [6.07, 6.45) is 0.897. The molecule has 0 saturated carbocycles. The van der Waals surface area contributed by atoms with Crippen molar-refractivity contribution in [1.82, 2.24) is 24.6 Å². The van der Waals surface area contributed by atoms with E-state index in [1.54, 1.807) is 28.0 Å². The van der Waals surface area contributed by atoms with Crippen molar-refractivity contribution in [3.8, 4) is 16.9 Å². The normalized spacial score (nSPS) is 16.1. The first-order valence-corrected chi connectivity index (χ1v) is 12.1. The van der Waals surface area contributed by atoms with Crippen LogP contribution in [0, 0.1) is 0 Å². The Balaban J connectivity index is 1.51. The van der Waals surface area contributed by atoms with E-state index < -0.39 is 0 Å². The van der Waals surface area contributed by atoms with E-state index in [1.165, 1.54) is 11.8 Å². The van der Waals surface area contributed by atoms with Crippen LogP contribution in [0.2, 0.25) is 0 Å². The summed E-state index contributed by atoms with van der Waals surface area (Å²) in [5, 5.41) is 11.6. The van der Waals surface area contributed by atoms with Crippen LogP contribution in [0.25, 0.3) is 16.9 Å². The van der Waals surface area contributed by atoms with Crippen LogP contribution in [0.15, 0.2) is 75.5 Å². The average molecular weight is 452 g/mol. The summed E-state index contributed by atoms with van der Waals surface area (Å²) in [7, 11) is 0. The number of hydrogen-bond donors (Lipinski definition) is 0. The Bertz CT molecular complexity index is 1150. The molecule has 6 nitrogen and oxygen atoms in total. The number of aromatic nitrogens is 4. The van der Waals surface area contributed by atoms with Crippen molar-refractivity contribution in [2.24, 2.45) is 0 Å². The third-order valence-electron chi connectivity index (χ3n) is 4.69. The lowest BCUT2D eigenvalue weighted by Crippen LogP contribution is -2.23. The first-order valence-electron chi connectivity index (χ1n) is 9.35. The van der Waals surface area contributed by atoms with Gasteiger partial charge in [0.05, 0.1) is 5.69 Å². The Morgan fingerprint density at radius 3 is 2.57 bits per heavy atom. The van der Waals surface area contributed by atoms with Crippen LogP contribution in [0.4, 0.5) is 0 Å². The highest BCUT2D eigenvalue weighted by Crippen LogP contribution is 2.40. The zero-order valence-corrected chi connectivity index (χ0v) is 18.2. The minimum absolute atomic E-state index is 0.138. The van der Waals surface area contributed by atoms with E-state index in [1.807, 2.05) is 53.1 Å². The van der Waals surface area contributed by atoms with Gasteiger partial charge in [-0.1, -0.05) is 48.5 Å². The molecular weight excluding hydrogens is 434 g/mol. The molecule has 9 heteroatoms. The highest BCUT2D eigenvalue weighted by atomic mass is 32.2. The summed E-state index contributed by atoms with van der Waals surface area (Å²) in [6, 6.07) is 20.1. The number of hydrogen-bond acceptors (Lipinski definition) is 7. The van der Waals surface area contributed by atoms with Crippen molar-refractivity contribution in [2.75, 3.05) is 12.3 Å². The summed E-state index contributed by atoms with van der Waals surface area (Å²) in [4.78, 5) is 18.1. The van der Waals surface area contributed by atoms with Crippen molar-refractivity contribution in [2.45, 2.75) is 14.9 Å². The third kappa shape index (κ3) is 3.76. The molecule has 1 atom stereocenters. The molecule has 4 aromatic rings. The third-order valence-corrected chi connectivity index (χ3v) is 7.79. The molecule has 1 aliphatic heterocycles. The van der Waals surface area contributed by atoms with Crippen molar-refractivity contribution < 1.29 is 4.79 Å². The van der Waals surface area contributed by atoms with E-state index in [2.05, 4.69) is 27.7 Å². The van der Waals surface area contributed by atoms with Gasteiger partial charge in [-0.05, 0) is 23.9 Å². The summed E-state index contributed by atoms with van der Waals surface area (Å²) >= 11 is 4.79. The predicted octanol–water partition coefficient (Wildman–Crippen LogP) is 4.75. The Morgan fingerprint density at radius 2 is 1.80 bits per heavy atom. The van der Waals surface area contributed by atoms with Crippen molar-refractivity contribution in [1.29, 1.82) is 0 Å². The standard InChI is InChI=1S/C21H17N5OS3/c27-14-25-11-12-28-19(25)18-23-24-20(26(18)16-9-5-2-6-10-16)30-21-22-17(13-29-21)15-7-3-1-4-8-15/h1-10,13-14,19H,11-12H2. The zero-order valence-electron chi connectivity index (χ0n) is 15.8. The maximum atomic E-state index is 11.5. The first-order chi connectivity index (χ1) is 14.8. The molecule has 2 aromatic heterocycles. The number of rotatable bonds is 6. The molecule has 2 aromatic carbocycles. The van der Waals surface area contributed by atoms with E-state index in [0.29, 0.717) is 0 Å². The van der Waals surface area contributed by atoms with Gasteiger partial charge in [-0.25, -0.2) is 4.98 Å². The lowest BCUT2D eigenvalue weighted by molar-refractivity contribution is -0.118. The van der Waals surface area contributed by atoms with Crippen LogP contribution in [0.1, 0.15) is 11.2 Å². The fourth-order valence-electron chi connectivity index (χ4n) is 3.26. The van der Waals surface area contributed by atoms with Gasteiger partial charge in [0.25, 0.3) is 0 Å². The van der Waals surface area contributed by atoms with Gasteiger partial charge >= 0.3 is 0 Å². The minimum Gasteiger partial charge on any atom is -0.325 e. The molecule has 0 N–H and O–H groups in total. The number of thioether (sulfide) groups is 1. The van der Waals surface area contributed by atoms with Crippen molar-refractivity contribution >= 4 is 41.3 Å². The number of carbonyl (C=O) groups excluding carboxylic acids is 1.